The minimum atomic E-state index is -4.51. The fourth-order valence-corrected chi connectivity index (χ4v) is 1.50. The van der Waals surface area contributed by atoms with Crippen LogP contribution in [-0.4, -0.2) is 9.97 Å². The molecule has 0 bridgehead atoms. The van der Waals surface area contributed by atoms with Gasteiger partial charge in [-0.15, -0.1) is 0 Å². The quantitative estimate of drug-likeness (QED) is 0.751. The minimum Gasteiger partial charge on any atom is -0.310 e. The molecule has 0 saturated carbocycles. The van der Waals surface area contributed by atoms with E-state index in [0.717, 1.165) is 6.07 Å². The third-order valence-electron chi connectivity index (χ3n) is 2.16. The summed E-state index contributed by atoms with van der Waals surface area (Å²) >= 11 is 0. The lowest BCUT2D eigenvalue weighted by Crippen LogP contribution is -2.14. The summed E-state index contributed by atoms with van der Waals surface area (Å²) in [7, 11) is 0. The van der Waals surface area contributed by atoms with Gasteiger partial charge in [-0.1, -0.05) is 6.07 Å². The molecule has 0 amide bonds. The van der Waals surface area contributed by atoms with Gasteiger partial charge in [0, 0.05) is 0 Å². The number of halogens is 3. The lowest BCUT2D eigenvalue weighted by molar-refractivity contribution is -0.136. The highest BCUT2D eigenvalue weighted by molar-refractivity contribution is 5.81. The topological polar surface area (TPSA) is 45.8 Å². The fourth-order valence-electron chi connectivity index (χ4n) is 1.50. The number of nitrogens with zero attached hydrogens (tertiary/aromatic N) is 1. The summed E-state index contributed by atoms with van der Waals surface area (Å²) in [5.74, 6) is 0.161. The second kappa shape index (κ2) is 3.33. The number of para-hydroxylation sites is 1. The highest BCUT2D eigenvalue weighted by Gasteiger charge is 2.33. The van der Waals surface area contributed by atoms with E-state index in [0.29, 0.717) is 0 Å². The van der Waals surface area contributed by atoms with E-state index in [1.54, 1.807) is 0 Å². The standard InChI is InChI=1S/C10H7F3N2O/c1-5-14-8-6(9(16)15-5)3-2-4-7(8)10(11,12)13/h2-4H,1H3,(H,14,15,16). The predicted molar refractivity (Wildman–Crippen MR) is 52.1 cm³/mol. The van der Waals surface area contributed by atoms with Gasteiger partial charge in [0.1, 0.15) is 5.82 Å². The first-order valence-electron chi connectivity index (χ1n) is 4.46. The van der Waals surface area contributed by atoms with Crippen molar-refractivity contribution in [1.29, 1.82) is 0 Å². The van der Waals surface area contributed by atoms with Crippen molar-refractivity contribution in [3.8, 4) is 0 Å². The minimum absolute atomic E-state index is 0.0552. The van der Waals surface area contributed by atoms with Gasteiger partial charge in [-0.25, -0.2) is 4.98 Å². The summed E-state index contributed by atoms with van der Waals surface area (Å²) in [5.41, 5.74) is -1.76. The molecule has 6 heteroatoms. The SMILES string of the molecule is Cc1nc2c(C(F)(F)F)cccc2c(=O)[nH]1. The van der Waals surface area contributed by atoms with Crippen LogP contribution in [0.3, 0.4) is 0 Å². The summed E-state index contributed by atoms with van der Waals surface area (Å²) in [6.45, 7) is 1.44. The normalized spacial score (nSPS) is 12.0. The zero-order valence-electron chi connectivity index (χ0n) is 8.22. The van der Waals surface area contributed by atoms with Crippen LogP contribution in [0.1, 0.15) is 11.4 Å². The molecule has 2 rings (SSSR count). The van der Waals surface area contributed by atoms with Crippen LogP contribution in [0.15, 0.2) is 23.0 Å². The molecule has 1 N–H and O–H groups in total. The maximum atomic E-state index is 12.6. The van der Waals surface area contributed by atoms with E-state index in [2.05, 4.69) is 9.97 Å². The van der Waals surface area contributed by atoms with Crippen molar-refractivity contribution in [3.63, 3.8) is 0 Å². The van der Waals surface area contributed by atoms with Crippen molar-refractivity contribution in [2.24, 2.45) is 0 Å². The first-order valence-corrected chi connectivity index (χ1v) is 4.46. The van der Waals surface area contributed by atoms with Gasteiger partial charge in [0.05, 0.1) is 16.5 Å². The van der Waals surface area contributed by atoms with Gasteiger partial charge in [-0.05, 0) is 19.1 Å². The molecule has 0 atom stereocenters. The smallest absolute Gasteiger partial charge is 0.310 e. The zero-order valence-corrected chi connectivity index (χ0v) is 8.22. The van der Waals surface area contributed by atoms with Gasteiger partial charge < -0.3 is 4.98 Å². The molecule has 1 heterocycles. The number of nitrogens with one attached hydrogen (secondary N) is 1. The second-order valence-electron chi connectivity index (χ2n) is 3.35. The number of hydrogen-bond acceptors (Lipinski definition) is 2. The summed E-state index contributed by atoms with van der Waals surface area (Å²) < 4.78 is 37.9. The molecule has 0 aliphatic carbocycles. The van der Waals surface area contributed by atoms with E-state index >= 15 is 0 Å². The number of aromatic amines is 1. The number of hydrogen-bond donors (Lipinski definition) is 1. The van der Waals surface area contributed by atoms with Crippen molar-refractivity contribution in [1.82, 2.24) is 9.97 Å². The van der Waals surface area contributed by atoms with Crippen LogP contribution in [0.25, 0.3) is 10.9 Å². The van der Waals surface area contributed by atoms with Gasteiger partial charge in [0.25, 0.3) is 5.56 Å². The molecule has 0 saturated heterocycles. The molecular weight excluding hydrogens is 221 g/mol. The van der Waals surface area contributed by atoms with E-state index in [-0.39, 0.29) is 16.7 Å². The maximum Gasteiger partial charge on any atom is 0.418 e. The van der Waals surface area contributed by atoms with Crippen LogP contribution in [0.5, 0.6) is 0 Å². The Morgan fingerprint density at radius 1 is 1.31 bits per heavy atom. The molecule has 2 aromatic rings. The number of aromatic nitrogens is 2. The Morgan fingerprint density at radius 3 is 2.62 bits per heavy atom. The lowest BCUT2D eigenvalue weighted by atomic mass is 10.1. The Bertz CT molecular complexity index is 601. The molecule has 16 heavy (non-hydrogen) atoms. The fraction of sp³-hybridized carbons (Fsp3) is 0.200. The molecule has 0 aliphatic heterocycles. The van der Waals surface area contributed by atoms with Crippen LogP contribution in [0, 0.1) is 6.92 Å². The summed E-state index contributed by atoms with van der Waals surface area (Å²) in [4.78, 5) is 17.5. The van der Waals surface area contributed by atoms with E-state index < -0.39 is 17.3 Å². The van der Waals surface area contributed by atoms with Crippen molar-refractivity contribution in [2.75, 3.05) is 0 Å². The number of aryl methyl sites for hydroxylation is 1. The van der Waals surface area contributed by atoms with Crippen molar-refractivity contribution in [3.05, 3.63) is 39.9 Å². The Morgan fingerprint density at radius 2 is 2.00 bits per heavy atom. The highest BCUT2D eigenvalue weighted by Crippen LogP contribution is 2.32. The van der Waals surface area contributed by atoms with Crippen LogP contribution >= 0.6 is 0 Å². The average Bonchev–Trinajstić information content (AvgIpc) is 2.15. The number of benzene rings is 1. The Hall–Kier alpha value is -1.85. The van der Waals surface area contributed by atoms with Crippen LogP contribution in [-0.2, 0) is 6.18 Å². The van der Waals surface area contributed by atoms with E-state index in [4.69, 9.17) is 0 Å². The molecule has 1 aromatic carbocycles. The lowest BCUT2D eigenvalue weighted by Gasteiger charge is -2.09. The molecule has 3 nitrogen and oxygen atoms in total. The first kappa shape index (κ1) is 10.7. The molecule has 0 unspecified atom stereocenters. The summed E-state index contributed by atoms with van der Waals surface area (Å²) in [5, 5.41) is -0.0552. The van der Waals surface area contributed by atoms with Gasteiger partial charge >= 0.3 is 6.18 Å². The molecule has 0 fully saturated rings. The first-order chi connectivity index (χ1) is 7.39. The molecule has 0 aliphatic rings. The average molecular weight is 228 g/mol. The number of rotatable bonds is 0. The molecule has 0 radical (unpaired) electrons. The third kappa shape index (κ3) is 1.66. The Labute approximate surface area is 87.9 Å². The largest absolute Gasteiger partial charge is 0.418 e. The van der Waals surface area contributed by atoms with E-state index in [1.165, 1.54) is 19.1 Å². The van der Waals surface area contributed by atoms with Gasteiger partial charge in [-0.2, -0.15) is 13.2 Å². The van der Waals surface area contributed by atoms with Gasteiger partial charge in [0.15, 0.2) is 0 Å². The third-order valence-corrected chi connectivity index (χ3v) is 2.16. The van der Waals surface area contributed by atoms with E-state index in [1.807, 2.05) is 0 Å². The van der Waals surface area contributed by atoms with Crippen molar-refractivity contribution < 1.29 is 13.2 Å². The molecule has 84 valence electrons. The Kier molecular flexibility index (Phi) is 2.22. The number of fused-ring (bicyclic) bond motifs is 1. The number of alkyl halides is 3. The van der Waals surface area contributed by atoms with Crippen molar-refractivity contribution >= 4 is 10.9 Å². The second-order valence-corrected chi connectivity index (χ2v) is 3.35. The van der Waals surface area contributed by atoms with Gasteiger partial charge in [0.2, 0.25) is 0 Å². The zero-order chi connectivity index (χ0) is 11.9. The number of H-pyrrole nitrogens is 1. The van der Waals surface area contributed by atoms with Crippen LogP contribution in [0.2, 0.25) is 0 Å². The highest BCUT2D eigenvalue weighted by atomic mass is 19.4. The summed E-state index contributed by atoms with van der Waals surface area (Å²) in [6, 6.07) is 3.42. The molecule has 0 spiro atoms. The summed E-state index contributed by atoms with van der Waals surface area (Å²) in [6.07, 6.45) is -4.51. The van der Waals surface area contributed by atoms with Crippen LogP contribution in [0.4, 0.5) is 13.2 Å². The van der Waals surface area contributed by atoms with Crippen LogP contribution < -0.4 is 5.56 Å². The molecular formula is C10H7F3N2O. The Balaban J connectivity index is 2.93. The predicted octanol–water partition coefficient (Wildman–Crippen LogP) is 2.25. The monoisotopic (exact) mass is 228 g/mol. The van der Waals surface area contributed by atoms with Crippen molar-refractivity contribution in [2.45, 2.75) is 13.1 Å². The maximum absolute atomic E-state index is 12.6. The van der Waals surface area contributed by atoms with Gasteiger partial charge in [-0.3, -0.25) is 4.79 Å². The molecule has 1 aromatic heterocycles. The van der Waals surface area contributed by atoms with E-state index in [9.17, 15) is 18.0 Å².